The van der Waals surface area contributed by atoms with Crippen LogP contribution in [0.5, 0.6) is 0 Å². The number of rotatable bonds is 4. The highest BCUT2D eigenvalue weighted by molar-refractivity contribution is 7.89. The molecule has 0 bridgehead atoms. The van der Waals surface area contributed by atoms with E-state index in [-0.39, 0.29) is 0 Å². The standard InChI is InChI=1S/C13H20N2O2S/c1-10-4-5-11(2)12(8-10)18(16,17)15-13(9-14)6-3-7-13/h4-5,8,15H,3,6-7,9,14H2,1-2H3. The molecule has 0 atom stereocenters. The lowest BCUT2D eigenvalue weighted by Gasteiger charge is -2.41. The van der Waals surface area contributed by atoms with Gasteiger partial charge in [-0.25, -0.2) is 13.1 Å². The number of hydrogen-bond donors (Lipinski definition) is 2. The van der Waals surface area contributed by atoms with Crippen molar-refractivity contribution in [1.29, 1.82) is 0 Å². The Kier molecular flexibility index (Phi) is 3.49. The second-order valence-electron chi connectivity index (χ2n) is 5.21. The molecule has 1 aliphatic carbocycles. The van der Waals surface area contributed by atoms with Crippen molar-refractivity contribution in [2.24, 2.45) is 5.73 Å². The summed E-state index contributed by atoms with van der Waals surface area (Å²) < 4.78 is 27.6. The van der Waals surface area contributed by atoms with E-state index < -0.39 is 15.6 Å². The maximum Gasteiger partial charge on any atom is 0.241 e. The van der Waals surface area contributed by atoms with E-state index in [1.54, 1.807) is 6.07 Å². The molecule has 0 saturated heterocycles. The third-order valence-corrected chi connectivity index (χ3v) is 5.41. The Hall–Kier alpha value is -0.910. The minimum Gasteiger partial charge on any atom is -0.329 e. The summed E-state index contributed by atoms with van der Waals surface area (Å²) in [7, 11) is -3.47. The van der Waals surface area contributed by atoms with Crippen LogP contribution in [-0.2, 0) is 10.0 Å². The van der Waals surface area contributed by atoms with E-state index in [4.69, 9.17) is 5.73 Å². The predicted molar refractivity (Wildman–Crippen MR) is 71.9 cm³/mol. The monoisotopic (exact) mass is 268 g/mol. The highest BCUT2D eigenvalue weighted by Gasteiger charge is 2.39. The van der Waals surface area contributed by atoms with E-state index in [9.17, 15) is 8.42 Å². The number of sulfonamides is 1. The van der Waals surface area contributed by atoms with E-state index >= 15 is 0 Å². The van der Waals surface area contributed by atoms with E-state index in [0.717, 1.165) is 30.4 Å². The first kappa shape index (κ1) is 13.5. The molecule has 0 spiro atoms. The van der Waals surface area contributed by atoms with Crippen molar-refractivity contribution in [2.45, 2.75) is 43.5 Å². The van der Waals surface area contributed by atoms with Crippen molar-refractivity contribution >= 4 is 10.0 Å². The molecule has 18 heavy (non-hydrogen) atoms. The Morgan fingerprint density at radius 1 is 1.33 bits per heavy atom. The molecule has 2 rings (SSSR count). The lowest BCUT2D eigenvalue weighted by Crippen LogP contribution is -2.58. The lowest BCUT2D eigenvalue weighted by atomic mass is 9.78. The lowest BCUT2D eigenvalue weighted by molar-refractivity contribution is 0.230. The molecule has 1 saturated carbocycles. The zero-order valence-electron chi connectivity index (χ0n) is 10.9. The highest BCUT2D eigenvalue weighted by Crippen LogP contribution is 2.32. The van der Waals surface area contributed by atoms with Crippen molar-refractivity contribution in [3.63, 3.8) is 0 Å². The molecule has 4 nitrogen and oxygen atoms in total. The number of hydrogen-bond acceptors (Lipinski definition) is 3. The Bertz CT molecular complexity index is 543. The smallest absolute Gasteiger partial charge is 0.241 e. The first-order valence-corrected chi connectivity index (χ1v) is 7.68. The number of benzene rings is 1. The first-order valence-electron chi connectivity index (χ1n) is 6.20. The van der Waals surface area contributed by atoms with E-state index in [1.807, 2.05) is 26.0 Å². The molecule has 0 heterocycles. The van der Waals surface area contributed by atoms with E-state index in [0.29, 0.717) is 11.4 Å². The Morgan fingerprint density at radius 3 is 2.50 bits per heavy atom. The van der Waals surface area contributed by atoms with Gasteiger partial charge in [-0.3, -0.25) is 0 Å². The molecular formula is C13H20N2O2S. The number of nitrogens with one attached hydrogen (secondary N) is 1. The number of aryl methyl sites for hydroxylation is 2. The van der Waals surface area contributed by atoms with Crippen molar-refractivity contribution in [2.75, 3.05) is 6.54 Å². The Labute approximate surface area is 109 Å². The van der Waals surface area contributed by atoms with Crippen molar-refractivity contribution in [3.8, 4) is 0 Å². The molecule has 0 amide bonds. The van der Waals surface area contributed by atoms with Crippen LogP contribution in [0.4, 0.5) is 0 Å². The minimum atomic E-state index is -3.47. The zero-order valence-corrected chi connectivity index (χ0v) is 11.7. The van der Waals surface area contributed by atoms with Crippen molar-refractivity contribution < 1.29 is 8.42 Å². The highest BCUT2D eigenvalue weighted by atomic mass is 32.2. The van der Waals surface area contributed by atoms with Crippen LogP contribution in [0.1, 0.15) is 30.4 Å². The summed E-state index contributed by atoms with van der Waals surface area (Å²) in [6, 6.07) is 5.46. The molecule has 1 aliphatic rings. The van der Waals surface area contributed by atoms with Gasteiger partial charge in [0.1, 0.15) is 0 Å². The first-order chi connectivity index (χ1) is 8.38. The fraction of sp³-hybridized carbons (Fsp3) is 0.538. The van der Waals surface area contributed by atoms with Gasteiger partial charge in [0.2, 0.25) is 10.0 Å². The molecule has 1 fully saturated rings. The zero-order chi connectivity index (χ0) is 13.4. The third kappa shape index (κ3) is 2.43. The van der Waals surface area contributed by atoms with Gasteiger partial charge in [-0.2, -0.15) is 0 Å². The summed E-state index contributed by atoms with van der Waals surface area (Å²) in [5.41, 5.74) is 6.98. The summed E-state index contributed by atoms with van der Waals surface area (Å²) in [6.07, 6.45) is 2.69. The molecule has 0 aliphatic heterocycles. The summed E-state index contributed by atoms with van der Waals surface area (Å²) in [5.74, 6) is 0. The second-order valence-corrected chi connectivity index (χ2v) is 6.86. The SMILES string of the molecule is Cc1ccc(C)c(S(=O)(=O)NC2(CN)CCC2)c1. The molecule has 1 aromatic rings. The fourth-order valence-corrected chi connectivity index (χ4v) is 4.09. The summed E-state index contributed by atoms with van der Waals surface area (Å²) in [4.78, 5) is 0.363. The van der Waals surface area contributed by atoms with Gasteiger partial charge in [-0.15, -0.1) is 0 Å². The molecule has 0 aromatic heterocycles. The second kappa shape index (κ2) is 4.64. The van der Waals surface area contributed by atoms with Crippen LogP contribution in [-0.4, -0.2) is 20.5 Å². The quantitative estimate of drug-likeness (QED) is 0.868. The number of nitrogens with two attached hydrogens (primary N) is 1. The third-order valence-electron chi connectivity index (χ3n) is 3.69. The van der Waals surface area contributed by atoms with Crippen LogP contribution in [0.25, 0.3) is 0 Å². The van der Waals surface area contributed by atoms with Gasteiger partial charge in [0.25, 0.3) is 0 Å². The maximum absolute atomic E-state index is 12.4. The molecule has 100 valence electrons. The normalized spacial score (nSPS) is 18.4. The van der Waals surface area contributed by atoms with Gasteiger partial charge >= 0.3 is 0 Å². The average molecular weight is 268 g/mol. The molecule has 3 N–H and O–H groups in total. The molecule has 0 unspecified atom stereocenters. The van der Waals surface area contributed by atoms with E-state index in [1.165, 1.54) is 0 Å². The van der Waals surface area contributed by atoms with Crippen LogP contribution >= 0.6 is 0 Å². The predicted octanol–water partition coefficient (Wildman–Crippen LogP) is 1.46. The Morgan fingerprint density at radius 2 is 2.00 bits per heavy atom. The maximum atomic E-state index is 12.4. The molecule has 1 aromatic carbocycles. The van der Waals surface area contributed by atoms with E-state index in [2.05, 4.69) is 4.72 Å². The van der Waals surface area contributed by atoms with Gasteiger partial charge in [0.15, 0.2) is 0 Å². The van der Waals surface area contributed by atoms with Crippen LogP contribution in [0.15, 0.2) is 23.1 Å². The van der Waals surface area contributed by atoms with Gasteiger partial charge in [0.05, 0.1) is 4.90 Å². The molecule has 0 radical (unpaired) electrons. The van der Waals surface area contributed by atoms with Crippen molar-refractivity contribution in [3.05, 3.63) is 29.3 Å². The average Bonchev–Trinajstić information content (AvgIpc) is 2.27. The van der Waals surface area contributed by atoms with Crippen LogP contribution in [0.3, 0.4) is 0 Å². The molecule has 5 heteroatoms. The largest absolute Gasteiger partial charge is 0.329 e. The van der Waals surface area contributed by atoms with Gasteiger partial charge in [-0.1, -0.05) is 12.1 Å². The van der Waals surface area contributed by atoms with Crippen LogP contribution < -0.4 is 10.5 Å². The summed E-state index contributed by atoms with van der Waals surface area (Å²) in [5, 5.41) is 0. The molecular weight excluding hydrogens is 248 g/mol. The Balaban J connectivity index is 2.33. The summed E-state index contributed by atoms with van der Waals surface area (Å²) in [6.45, 7) is 4.06. The van der Waals surface area contributed by atoms with Crippen LogP contribution in [0, 0.1) is 13.8 Å². The summed E-state index contributed by atoms with van der Waals surface area (Å²) >= 11 is 0. The minimum absolute atomic E-state index is 0.358. The van der Waals surface area contributed by atoms with Crippen LogP contribution in [0.2, 0.25) is 0 Å². The fourth-order valence-electron chi connectivity index (χ4n) is 2.29. The van der Waals surface area contributed by atoms with Gasteiger partial charge < -0.3 is 5.73 Å². The van der Waals surface area contributed by atoms with Crippen molar-refractivity contribution in [1.82, 2.24) is 4.72 Å². The van der Waals surface area contributed by atoms with Gasteiger partial charge in [-0.05, 0) is 50.3 Å². The van der Waals surface area contributed by atoms with Gasteiger partial charge in [0, 0.05) is 12.1 Å². The topological polar surface area (TPSA) is 72.2 Å².